The van der Waals surface area contributed by atoms with Crippen molar-refractivity contribution in [2.45, 2.75) is 12.1 Å². The number of hydrogen-bond donors (Lipinski definition) is 0. The number of halogens is 6. The van der Waals surface area contributed by atoms with E-state index in [9.17, 15) is 26.3 Å². The summed E-state index contributed by atoms with van der Waals surface area (Å²) in [6.45, 7) is 0. The molecule has 0 spiro atoms. The summed E-state index contributed by atoms with van der Waals surface area (Å²) in [5, 5.41) is 0. The first-order valence-corrected chi connectivity index (χ1v) is 3.32. The Balaban J connectivity index is 3.10. The lowest BCUT2D eigenvalue weighted by molar-refractivity contribution is -0.289. The van der Waals surface area contributed by atoms with Crippen molar-refractivity contribution in [1.82, 2.24) is 4.98 Å². The van der Waals surface area contributed by atoms with Crippen LogP contribution in [0.2, 0.25) is 0 Å². The van der Waals surface area contributed by atoms with Gasteiger partial charge in [0, 0.05) is 11.8 Å². The summed E-state index contributed by atoms with van der Waals surface area (Å²) < 4.78 is 72.4. The molecule has 0 bridgehead atoms. The number of nitrogens with zero attached hydrogens (tertiary/aromatic N) is 1. The second-order valence-electron chi connectivity index (χ2n) is 2.44. The van der Waals surface area contributed by atoms with Crippen molar-refractivity contribution >= 4 is 0 Å². The van der Waals surface area contributed by atoms with E-state index in [2.05, 4.69) is 4.98 Å². The normalized spacial score (nSPS) is 13.0. The maximum absolute atomic E-state index is 12.5. The number of pyridine rings is 1. The molecule has 0 radical (unpaired) electrons. The molecule has 78 valence electrons. The van der Waals surface area contributed by atoms with Crippen LogP contribution in [0.4, 0.5) is 26.3 Å². The van der Waals surface area contributed by atoms with Crippen molar-refractivity contribution in [2.24, 2.45) is 0 Å². The molecule has 1 aromatic heterocycles. The zero-order valence-electron chi connectivity index (χ0n) is 6.45. The highest BCUT2D eigenvalue weighted by Crippen LogP contribution is 2.43. The van der Waals surface area contributed by atoms with Crippen LogP contribution in [0.1, 0.15) is 5.56 Å². The van der Waals surface area contributed by atoms with E-state index in [0.29, 0.717) is 12.1 Å². The highest BCUT2D eigenvalue weighted by atomic mass is 19.4. The summed E-state index contributed by atoms with van der Waals surface area (Å²) >= 11 is 0. The van der Waals surface area contributed by atoms with E-state index in [4.69, 9.17) is 0 Å². The van der Waals surface area contributed by atoms with Gasteiger partial charge in [0.1, 0.15) is 0 Å². The van der Waals surface area contributed by atoms with Gasteiger partial charge >= 0.3 is 12.1 Å². The molecule has 1 heterocycles. The van der Waals surface area contributed by atoms with Gasteiger partial charge < -0.3 is 0 Å². The first kappa shape index (κ1) is 10.8. The molecule has 0 aliphatic rings. The topological polar surface area (TPSA) is 12.9 Å². The lowest BCUT2D eigenvalue weighted by Gasteiger charge is -2.19. The van der Waals surface area contributed by atoms with Gasteiger partial charge in [0.25, 0.3) is 0 Å². The zero-order chi connectivity index (χ0) is 11.0. The highest BCUT2D eigenvalue weighted by Gasteiger charge is 2.58. The molecule has 0 fully saturated rings. The minimum Gasteiger partial charge on any atom is -0.228 e. The zero-order valence-corrected chi connectivity index (χ0v) is 6.45. The van der Waals surface area contributed by atoms with Crippen LogP contribution in [0.15, 0.2) is 18.3 Å². The van der Waals surface area contributed by atoms with Crippen molar-refractivity contribution in [3.8, 4) is 0 Å². The molecule has 7 heteroatoms. The Hall–Kier alpha value is -1.27. The maximum atomic E-state index is 12.5. The van der Waals surface area contributed by atoms with Gasteiger partial charge in [-0.3, -0.25) is 0 Å². The fraction of sp³-hybridized carbons (Fsp3) is 0.286. The van der Waals surface area contributed by atoms with Gasteiger partial charge in [-0.05, 0) is 12.1 Å². The van der Waals surface area contributed by atoms with Gasteiger partial charge in [-0.2, -0.15) is 26.3 Å². The van der Waals surface area contributed by atoms with Crippen LogP contribution in [0.25, 0.3) is 0 Å². The van der Waals surface area contributed by atoms with Gasteiger partial charge in [-0.1, -0.05) is 0 Å². The molecule has 0 N–H and O–H groups in total. The number of rotatable bonds is 1. The average Bonchev–Trinajstić information content (AvgIpc) is 2.03. The van der Waals surface area contributed by atoms with Crippen LogP contribution in [-0.4, -0.2) is 11.2 Å². The van der Waals surface area contributed by atoms with Crippen LogP contribution in [0, 0.1) is 5.95 Å². The molecule has 0 aromatic carbocycles. The summed E-state index contributed by atoms with van der Waals surface area (Å²) in [5.41, 5.74) is -1.38. The van der Waals surface area contributed by atoms with Crippen LogP contribution in [0.3, 0.4) is 0 Å². The summed E-state index contributed by atoms with van der Waals surface area (Å²) in [5.74, 6) is -6.13. The molecule has 0 saturated carbocycles. The van der Waals surface area contributed by atoms with E-state index in [0.717, 1.165) is 0 Å². The van der Waals surface area contributed by atoms with E-state index < -0.39 is 23.6 Å². The molecule has 1 rings (SSSR count). The Morgan fingerprint density at radius 1 is 1.00 bits per heavy atom. The van der Waals surface area contributed by atoms with Crippen molar-refractivity contribution in [3.05, 3.63) is 29.8 Å². The van der Waals surface area contributed by atoms with Gasteiger partial charge in [-0.15, -0.1) is 0 Å². The molecule has 0 amide bonds. The summed E-state index contributed by atoms with van der Waals surface area (Å²) in [7, 11) is 0. The van der Waals surface area contributed by atoms with Crippen molar-refractivity contribution < 1.29 is 26.3 Å². The Kier molecular flexibility index (Phi) is 2.43. The van der Waals surface area contributed by atoms with E-state index in [1.54, 1.807) is 0 Å². The predicted molar refractivity (Wildman–Crippen MR) is 34.1 cm³/mol. The van der Waals surface area contributed by atoms with Crippen LogP contribution in [0.5, 0.6) is 0 Å². The van der Waals surface area contributed by atoms with E-state index in [-0.39, 0.29) is 6.20 Å². The standard InChI is InChI=1S/C7H3F6N/c8-5-2-1-4(3-14-5)6(9,10)7(11,12)13/h1-3H. The summed E-state index contributed by atoms with van der Waals surface area (Å²) in [6, 6.07) is 0.783. The molecule has 14 heavy (non-hydrogen) atoms. The largest absolute Gasteiger partial charge is 0.458 e. The van der Waals surface area contributed by atoms with E-state index >= 15 is 0 Å². The lowest BCUT2D eigenvalue weighted by atomic mass is 10.1. The molecule has 0 aliphatic heterocycles. The summed E-state index contributed by atoms with van der Waals surface area (Å²) in [6.07, 6.45) is -5.55. The third-order valence-electron chi connectivity index (χ3n) is 1.45. The predicted octanol–water partition coefficient (Wildman–Crippen LogP) is 2.87. The van der Waals surface area contributed by atoms with Gasteiger partial charge in [0.15, 0.2) is 0 Å². The third-order valence-corrected chi connectivity index (χ3v) is 1.45. The molecule has 1 aromatic rings. The van der Waals surface area contributed by atoms with E-state index in [1.165, 1.54) is 0 Å². The number of alkyl halides is 5. The van der Waals surface area contributed by atoms with Gasteiger partial charge in [0.05, 0.1) is 0 Å². The molecule has 0 unspecified atom stereocenters. The van der Waals surface area contributed by atoms with Crippen molar-refractivity contribution in [2.75, 3.05) is 0 Å². The molecular formula is C7H3F6N. The van der Waals surface area contributed by atoms with Crippen LogP contribution in [-0.2, 0) is 5.92 Å². The third kappa shape index (κ3) is 1.80. The first-order valence-electron chi connectivity index (χ1n) is 3.32. The number of aromatic nitrogens is 1. The first-order chi connectivity index (χ1) is 6.25. The second-order valence-corrected chi connectivity index (χ2v) is 2.44. The van der Waals surface area contributed by atoms with Gasteiger partial charge in [-0.25, -0.2) is 4.98 Å². The molecular weight excluding hydrogens is 212 g/mol. The molecule has 1 nitrogen and oxygen atoms in total. The van der Waals surface area contributed by atoms with Crippen molar-refractivity contribution in [1.29, 1.82) is 0 Å². The van der Waals surface area contributed by atoms with Crippen LogP contribution < -0.4 is 0 Å². The maximum Gasteiger partial charge on any atom is 0.458 e. The Morgan fingerprint density at radius 3 is 1.93 bits per heavy atom. The van der Waals surface area contributed by atoms with Crippen LogP contribution >= 0.6 is 0 Å². The fourth-order valence-corrected chi connectivity index (χ4v) is 0.725. The summed E-state index contributed by atoms with van der Waals surface area (Å²) in [4.78, 5) is 2.71. The minimum atomic E-state index is -5.70. The smallest absolute Gasteiger partial charge is 0.228 e. The highest BCUT2D eigenvalue weighted by molar-refractivity contribution is 5.17. The molecule has 0 saturated heterocycles. The fourth-order valence-electron chi connectivity index (χ4n) is 0.725. The Bertz CT molecular complexity index is 314. The van der Waals surface area contributed by atoms with E-state index in [1.807, 2.05) is 0 Å². The quantitative estimate of drug-likeness (QED) is 0.518. The SMILES string of the molecule is Fc1ccc(C(F)(F)C(F)(F)F)cn1. The van der Waals surface area contributed by atoms with Gasteiger partial charge in [0.2, 0.25) is 5.95 Å². The second kappa shape index (κ2) is 3.14. The Labute approximate surface area is 74.4 Å². The lowest BCUT2D eigenvalue weighted by Crippen LogP contribution is -2.33. The average molecular weight is 215 g/mol. The molecule has 0 aliphatic carbocycles. The number of hydrogen-bond acceptors (Lipinski definition) is 1. The van der Waals surface area contributed by atoms with Crippen molar-refractivity contribution in [3.63, 3.8) is 0 Å². The monoisotopic (exact) mass is 215 g/mol. The Morgan fingerprint density at radius 2 is 1.57 bits per heavy atom. The molecule has 0 atom stereocenters. The minimum absolute atomic E-state index is 0.156.